The van der Waals surface area contributed by atoms with Crippen molar-refractivity contribution in [3.05, 3.63) is 29.3 Å². The first kappa shape index (κ1) is 10.3. The fourth-order valence-electron chi connectivity index (χ4n) is 2.05. The van der Waals surface area contributed by atoms with E-state index < -0.39 is 0 Å². The lowest BCUT2D eigenvalue weighted by Crippen LogP contribution is -2.32. The minimum Gasteiger partial charge on any atom is -0.367 e. The van der Waals surface area contributed by atoms with Gasteiger partial charge >= 0.3 is 0 Å². The number of nitriles is 1. The van der Waals surface area contributed by atoms with Crippen LogP contribution in [0.4, 0.5) is 5.69 Å². The molecule has 1 N–H and O–H groups in total. The van der Waals surface area contributed by atoms with Gasteiger partial charge < -0.3 is 5.32 Å². The number of hydrogen-bond donors (Lipinski definition) is 1. The Bertz CT molecular complexity index is 372. The highest BCUT2D eigenvalue weighted by atomic mass is 35.5. The molecule has 1 aromatic carbocycles. The van der Waals surface area contributed by atoms with Gasteiger partial charge in [0.1, 0.15) is 5.54 Å². The van der Waals surface area contributed by atoms with E-state index in [9.17, 15) is 5.26 Å². The van der Waals surface area contributed by atoms with E-state index in [1.165, 1.54) is 0 Å². The van der Waals surface area contributed by atoms with Gasteiger partial charge in [-0.1, -0.05) is 11.6 Å². The molecule has 1 fully saturated rings. The summed E-state index contributed by atoms with van der Waals surface area (Å²) in [5.74, 6) is 0. The molecule has 0 unspecified atom stereocenters. The summed E-state index contributed by atoms with van der Waals surface area (Å²) in [4.78, 5) is 0. The van der Waals surface area contributed by atoms with Crippen LogP contribution in [0.2, 0.25) is 5.02 Å². The standard InChI is InChI=1S/C12H13ClN2/c13-10-3-5-11(6-4-10)15-12(9-14)7-1-2-8-12/h3-6,15H,1-2,7-8H2. The third-order valence-corrected chi connectivity index (χ3v) is 3.15. The van der Waals surface area contributed by atoms with E-state index in [4.69, 9.17) is 11.6 Å². The fourth-order valence-corrected chi connectivity index (χ4v) is 2.18. The van der Waals surface area contributed by atoms with E-state index in [-0.39, 0.29) is 5.54 Å². The highest BCUT2D eigenvalue weighted by Crippen LogP contribution is 2.32. The van der Waals surface area contributed by atoms with Crippen LogP contribution in [-0.2, 0) is 0 Å². The first-order valence-corrected chi connectivity index (χ1v) is 5.57. The number of benzene rings is 1. The molecular weight excluding hydrogens is 208 g/mol. The van der Waals surface area contributed by atoms with Crippen LogP contribution in [0.5, 0.6) is 0 Å². The summed E-state index contributed by atoms with van der Waals surface area (Å²) >= 11 is 5.80. The summed E-state index contributed by atoms with van der Waals surface area (Å²) in [7, 11) is 0. The normalized spacial score (nSPS) is 18.4. The van der Waals surface area contributed by atoms with Crippen molar-refractivity contribution in [3.63, 3.8) is 0 Å². The number of hydrogen-bond acceptors (Lipinski definition) is 2. The molecule has 0 saturated heterocycles. The first-order valence-electron chi connectivity index (χ1n) is 5.19. The molecule has 1 aromatic rings. The van der Waals surface area contributed by atoms with Crippen LogP contribution in [0.1, 0.15) is 25.7 Å². The van der Waals surface area contributed by atoms with Crippen LogP contribution in [0.15, 0.2) is 24.3 Å². The molecule has 15 heavy (non-hydrogen) atoms. The molecule has 0 aromatic heterocycles. The molecule has 1 aliphatic rings. The molecule has 0 spiro atoms. The van der Waals surface area contributed by atoms with Crippen LogP contribution in [0, 0.1) is 11.3 Å². The van der Waals surface area contributed by atoms with Gasteiger partial charge in [-0.05, 0) is 49.9 Å². The smallest absolute Gasteiger partial charge is 0.125 e. The Morgan fingerprint density at radius 1 is 1.20 bits per heavy atom. The van der Waals surface area contributed by atoms with E-state index in [2.05, 4.69) is 11.4 Å². The highest BCUT2D eigenvalue weighted by Gasteiger charge is 2.33. The molecule has 0 aliphatic heterocycles. The third kappa shape index (κ3) is 2.24. The molecule has 2 nitrogen and oxygen atoms in total. The van der Waals surface area contributed by atoms with Crippen LogP contribution in [-0.4, -0.2) is 5.54 Å². The topological polar surface area (TPSA) is 35.8 Å². The van der Waals surface area contributed by atoms with Gasteiger partial charge in [-0.3, -0.25) is 0 Å². The van der Waals surface area contributed by atoms with Crippen molar-refractivity contribution in [2.45, 2.75) is 31.2 Å². The minimum absolute atomic E-state index is 0.353. The van der Waals surface area contributed by atoms with Crippen molar-refractivity contribution in [2.75, 3.05) is 5.32 Å². The summed E-state index contributed by atoms with van der Waals surface area (Å²) in [5.41, 5.74) is 0.622. The Balaban J connectivity index is 2.14. The van der Waals surface area contributed by atoms with Gasteiger partial charge in [0.2, 0.25) is 0 Å². The van der Waals surface area contributed by atoms with E-state index in [0.29, 0.717) is 0 Å². The van der Waals surface area contributed by atoms with E-state index in [1.807, 2.05) is 24.3 Å². The maximum Gasteiger partial charge on any atom is 0.125 e. The second kappa shape index (κ2) is 4.12. The molecule has 1 saturated carbocycles. The average Bonchev–Trinajstić information content (AvgIpc) is 2.71. The predicted octanol–water partition coefficient (Wildman–Crippen LogP) is 3.59. The summed E-state index contributed by atoms with van der Waals surface area (Å²) in [6.45, 7) is 0. The third-order valence-electron chi connectivity index (χ3n) is 2.90. The lowest BCUT2D eigenvalue weighted by atomic mass is 9.99. The quantitative estimate of drug-likeness (QED) is 0.827. The zero-order chi connectivity index (χ0) is 10.7. The molecule has 3 heteroatoms. The summed E-state index contributed by atoms with van der Waals surface area (Å²) in [6, 6.07) is 9.90. The largest absolute Gasteiger partial charge is 0.367 e. The van der Waals surface area contributed by atoms with Crippen molar-refractivity contribution >= 4 is 17.3 Å². The van der Waals surface area contributed by atoms with Crippen molar-refractivity contribution < 1.29 is 0 Å². The molecule has 78 valence electrons. The van der Waals surface area contributed by atoms with Crippen molar-refractivity contribution in [3.8, 4) is 6.07 Å². The van der Waals surface area contributed by atoms with Gasteiger partial charge in [-0.2, -0.15) is 5.26 Å². The van der Waals surface area contributed by atoms with Gasteiger partial charge in [0.15, 0.2) is 0 Å². The van der Waals surface area contributed by atoms with E-state index >= 15 is 0 Å². The maximum atomic E-state index is 9.19. The fraction of sp³-hybridized carbons (Fsp3) is 0.417. The lowest BCUT2D eigenvalue weighted by Gasteiger charge is -2.23. The average molecular weight is 221 g/mol. The Morgan fingerprint density at radius 3 is 2.33 bits per heavy atom. The van der Waals surface area contributed by atoms with Gasteiger partial charge in [-0.25, -0.2) is 0 Å². The number of nitrogens with one attached hydrogen (secondary N) is 1. The van der Waals surface area contributed by atoms with E-state index in [1.54, 1.807) is 0 Å². The van der Waals surface area contributed by atoms with Crippen molar-refractivity contribution in [2.24, 2.45) is 0 Å². The lowest BCUT2D eigenvalue weighted by molar-refractivity contribution is 0.613. The Kier molecular flexibility index (Phi) is 2.83. The van der Waals surface area contributed by atoms with Crippen molar-refractivity contribution in [1.82, 2.24) is 0 Å². The second-order valence-corrected chi connectivity index (χ2v) is 4.47. The van der Waals surface area contributed by atoms with Crippen LogP contribution >= 0.6 is 11.6 Å². The first-order chi connectivity index (χ1) is 7.24. The Labute approximate surface area is 94.9 Å². The zero-order valence-electron chi connectivity index (χ0n) is 8.46. The second-order valence-electron chi connectivity index (χ2n) is 4.03. The molecule has 1 aliphatic carbocycles. The minimum atomic E-state index is -0.353. The highest BCUT2D eigenvalue weighted by molar-refractivity contribution is 6.30. The number of halogens is 1. The van der Waals surface area contributed by atoms with Crippen molar-refractivity contribution in [1.29, 1.82) is 5.26 Å². The number of anilines is 1. The predicted molar refractivity (Wildman–Crippen MR) is 61.9 cm³/mol. The van der Waals surface area contributed by atoms with Crippen LogP contribution < -0.4 is 5.32 Å². The molecule has 0 atom stereocenters. The molecular formula is C12H13ClN2. The maximum absolute atomic E-state index is 9.19. The molecule has 0 radical (unpaired) electrons. The number of rotatable bonds is 2. The monoisotopic (exact) mass is 220 g/mol. The van der Waals surface area contributed by atoms with E-state index in [0.717, 1.165) is 36.4 Å². The summed E-state index contributed by atoms with van der Waals surface area (Å²) < 4.78 is 0. The molecule has 0 bridgehead atoms. The summed E-state index contributed by atoms with van der Waals surface area (Å²) in [5, 5.41) is 13.2. The number of nitrogens with zero attached hydrogens (tertiary/aromatic N) is 1. The van der Waals surface area contributed by atoms with Gasteiger partial charge in [0.25, 0.3) is 0 Å². The van der Waals surface area contributed by atoms with Gasteiger partial charge in [-0.15, -0.1) is 0 Å². The zero-order valence-corrected chi connectivity index (χ0v) is 9.22. The van der Waals surface area contributed by atoms with Gasteiger partial charge in [0, 0.05) is 10.7 Å². The molecule has 0 heterocycles. The Morgan fingerprint density at radius 2 is 1.80 bits per heavy atom. The van der Waals surface area contributed by atoms with Crippen LogP contribution in [0.25, 0.3) is 0 Å². The molecule has 0 amide bonds. The SMILES string of the molecule is N#CC1(Nc2ccc(Cl)cc2)CCCC1. The molecule has 2 rings (SSSR count). The van der Waals surface area contributed by atoms with Gasteiger partial charge in [0.05, 0.1) is 6.07 Å². The van der Waals surface area contributed by atoms with Crippen LogP contribution in [0.3, 0.4) is 0 Å². The summed E-state index contributed by atoms with van der Waals surface area (Å²) in [6.07, 6.45) is 4.14. The Hall–Kier alpha value is -1.20.